The number of amides is 5. The van der Waals surface area contributed by atoms with E-state index in [0.29, 0.717) is 11.3 Å². The van der Waals surface area contributed by atoms with Gasteiger partial charge in [-0.1, -0.05) is 74.3 Å². The number of hydrogen-bond acceptors (Lipinski definition) is 4. The molecule has 40 heavy (non-hydrogen) atoms. The smallest absolute Gasteiger partial charge is 0.300 e. The van der Waals surface area contributed by atoms with Crippen molar-refractivity contribution in [3.05, 3.63) is 98.9 Å². The molecule has 3 heterocycles. The Morgan fingerprint density at radius 2 is 1.35 bits per heavy atom. The molecule has 0 saturated carbocycles. The number of anilines is 1. The molecule has 3 unspecified atom stereocenters. The Bertz CT molecular complexity index is 1540. The fourth-order valence-electron chi connectivity index (χ4n) is 6.66. The van der Waals surface area contributed by atoms with Gasteiger partial charge >= 0.3 is 6.03 Å². The second kappa shape index (κ2) is 9.38. The van der Waals surface area contributed by atoms with Gasteiger partial charge in [-0.2, -0.15) is 0 Å². The number of hydrogen-bond donors (Lipinski definition) is 0. The summed E-state index contributed by atoms with van der Waals surface area (Å²) in [4.78, 5) is 61.7. The van der Waals surface area contributed by atoms with Crippen molar-refractivity contribution in [2.75, 3.05) is 4.90 Å². The van der Waals surface area contributed by atoms with Crippen LogP contribution in [0.3, 0.4) is 0 Å². The molecule has 9 heteroatoms. The number of benzene rings is 3. The van der Waals surface area contributed by atoms with Gasteiger partial charge in [0.1, 0.15) is 5.54 Å². The van der Waals surface area contributed by atoms with Gasteiger partial charge in [-0.3, -0.25) is 19.3 Å². The fourth-order valence-corrected chi connectivity index (χ4v) is 7.19. The van der Waals surface area contributed by atoms with Crippen molar-refractivity contribution >= 4 is 61.3 Å². The summed E-state index contributed by atoms with van der Waals surface area (Å²) >= 11 is 6.89. The molecular formula is C31H27Br2N3O4. The molecule has 3 saturated heterocycles. The molecule has 3 aliphatic rings. The van der Waals surface area contributed by atoms with Crippen LogP contribution < -0.4 is 4.90 Å². The molecule has 5 amide bonds. The summed E-state index contributed by atoms with van der Waals surface area (Å²) in [6.45, 7) is 5.45. The van der Waals surface area contributed by atoms with E-state index in [9.17, 15) is 19.2 Å². The Kier molecular flexibility index (Phi) is 6.31. The molecule has 4 atom stereocenters. The van der Waals surface area contributed by atoms with E-state index in [1.54, 1.807) is 29.2 Å². The topological polar surface area (TPSA) is 78.0 Å². The molecule has 0 bridgehead atoms. The van der Waals surface area contributed by atoms with Gasteiger partial charge in [0.2, 0.25) is 11.8 Å². The second-order valence-corrected chi connectivity index (χ2v) is 13.4. The highest BCUT2D eigenvalue weighted by Crippen LogP contribution is 2.60. The van der Waals surface area contributed by atoms with Crippen LogP contribution in [0.4, 0.5) is 10.5 Å². The van der Waals surface area contributed by atoms with Crippen molar-refractivity contribution in [2.24, 2.45) is 11.8 Å². The molecule has 204 valence electrons. The highest BCUT2D eigenvalue weighted by atomic mass is 79.9. The lowest BCUT2D eigenvalue weighted by Crippen LogP contribution is -2.57. The maximum atomic E-state index is 14.8. The first-order valence-electron chi connectivity index (χ1n) is 13.1. The first-order valence-corrected chi connectivity index (χ1v) is 14.7. The van der Waals surface area contributed by atoms with E-state index in [4.69, 9.17) is 0 Å². The number of likely N-dealkylation sites (tertiary alicyclic amines) is 1. The van der Waals surface area contributed by atoms with E-state index >= 15 is 0 Å². The summed E-state index contributed by atoms with van der Waals surface area (Å²) in [5.41, 5.74) is -0.463. The van der Waals surface area contributed by atoms with Crippen molar-refractivity contribution < 1.29 is 19.2 Å². The Hall–Kier alpha value is -3.30. The van der Waals surface area contributed by atoms with Gasteiger partial charge in [-0.25, -0.2) is 9.69 Å². The average Bonchev–Trinajstić information content (AvgIpc) is 3.43. The molecule has 3 aromatic carbocycles. The van der Waals surface area contributed by atoms with Crippen molar-refractivity contribution in [2.45, 2.75) is 44.3 Å². The summed E-state index contributed by atoms with van der Waals surface area (Å²) in [5.74, 6) is -3.19. The molecule has 0 radical (unpaired) electrons. The van der Waals surface area contributed by atoms with Crippen LogP contribution >= 0.6 is 31.9 Å². The van der Waals surface area contributed by atoms with Gasteiger partial charge in [0, 0.05) is 20.9 Å². The van der Waals surface area contributed by atoms with Crippen LogP contribution in [0.25, 0.3) is 0 Å². The number of fused-ring (bicyclic) bond motifs is 3. The maximum absolute atomic E-state index is 14.8. The number of rotatable bonds is 4. The minimum absolute atomic E-state index is 0.108. The van der Waals surface area contributed by atoms with E-state index in [2.05, 4.69) is 31.9 Å². The molecule has 0 aromatic heterocycles. The standard InChI is InChI=1S/C31H27Br2N3O4/c1-30(2,3)36-26(37)23-24(27(36)38)31(17-18-7-5-4-6-8-18)28(39)34(22-15-13-21(33)14-16-22)29(40)35(31)25(23)19-9-11-20(32)12-10-19/h4-16,23-25H,17H2,1-3H3/t23?,24?,25?,31-/m1/s1. The maximum Gasteiger partial charge on any atom is 0.332 e. The second-order valence-electron chi connectivity index (χ2n) is 11.5. The van der Waals surface area contributed by atoms with Crippen LogP contribution in [0.2, 0.25) is 0 Å². The zero-order valence-electron chi connectivity index (χ0n) is 22.2. The average molecular weight is 665 g/mol. The molecule has 3 fully saturated rings. The van der Waals surface area contributed by atoms with Gasteiger partial charge in [-0.05, 0) is 68.3 Å². The van der Waals surface area contributed by atoms with Crippen LogP contribution in [-0.2, 0) is 20.8 Å². The van der Waals surface area contributed by atoms with Crippen LogP contribution in [-0.4, -0.2) is 44.6 Å². The van der Waals surface area contributed by atoms with E-state index in [-0.39, 0.29) is 12.3 Å². The summed E-state index contributed by atoms with van der Waals surface area (Å²) in [6, 6.07) is 22.4. The predicted octanol–water partition coefficient (Wildman–Crippen LogP) is 6.12. The Morgan fingerprint density at radius 3 is 1.93 bits per heavy atom. The van der Waals surface area contributed by atoms with E-state index in [0.717, 1.165) is 14.5 Å². The monoisotopic (exact) mass is 663 g/mol. The van der Waals surface area contributed by atoms with E-state index in [1.165, 1.54) is 9.80 Å². The fraction of sp³-hybridized carbons (Fsp3) is 0.290. The van der Waals surface area contributed by atoms with Gasteiger partial charge in [0.05, 0.1) is 23.6 Å². The van der Waals surface area contributed by atoms with Crippen molar-refractivity contribution in [3.8, 4) is 0 Å². The largest absolute Gasteiger partial charge is 0.332 e. The quantitative estimate of drug-likeness (QED) is 0.249. The van der Waals surface area contributed by atoms with E-state index in [1.807, 2.05) is 75.4 Å². The molecule has 0 aliphatic carbocycles. The van der Waals surface area contributed by atoms with Crippen LogP contribution in [0.15, 0.2) is 87.8 Å². The molecule has 3 aromatic rings. The van der Waals surface area contributed by atoms with Crippen molar-refractivity contribution in [1.82, 2.24) is 9.80 Å². The highest BCUT2D eigenvalue weighted by molar-refractivity contribution is 9.10. The normalized spacial score (nSPS) is 26.1. The zero-order chi connectivity index (χ0) is 28.6. The first-order chi connectivity index (χ1) is 19.0. The number of nitrogens with zero attached hydrogens (tertiary/aromatic N) is 3. The van der Waals surface area contributed by atoms with Crippen molar-refractivity contribution in [1.29, 1.82) is 0 Å². The third-order valence-electron chi connectivity index (χ3n) is 8.17. The predicted molar refractivity (Wildman–Crippen MR) is 157 cm³/mol. The number of imide groups is 2. The minimum Gasteiger partial charge on any atom is -0.300 e. The van der Waals surface area contributed by atoms with Crippen LogP contribution in [0.5, 0.6) is 0 Å². The van der Waals surface area contributed by atoms with E-state index < -0.39 is 46.8 Å². The van der Waals surface area contributed by atoms with Gasteiger partial charge in [0.15, 0.2) is 0 Å². The summed E-state index contributed by atoms with van der Waals surface area (Å²) in [7, 11) is 0. The molecule has 6 rings (SSSR count). The number of carbonyl (C=O) groups is 4. The highest BCUT2D eigenvalue weighted by Gasteiger charge is 2.77. The van der Waals surface area contributed by atoms with Crippen molar-refractivity contribution in [3.63, 3.8) is 0 Å². The number of carbonyl (C=O) groups excluding carboxylic acids is 4. The van der Waals surface area contributed by atoms with Gasteiger partial charge < -0.3 is 4.90 Å². The third-order valence-corrected chi connectivity index (χ3v) is 9.23. The zero-order valence-corrected chi connectivity index (χ0v) is 25.3. The molecule has 0 N–H and O–H groups in total. The van der Waals surface area contributed by atoms with Gasteiger partial charge in [-0.15, -0.1) is 0 Å². The number of urea groups is 1. The third kappa shape index (κ3) is 3.81. The Morgan fingerprint density at radius 1 is 0.775 bits per heavy atom. The summed E-state index contributed by atoms with van der Waals surface area (Å²) in [6.07, 6.45) is 0.108. The number of halogens is 2. The first kappa shape index (κ1) is 26.9. The van der Waals surface area contributed by atoms with Gasteiger partial charge in [0.25, 0.3) is 5.91 Å². The molecule has 0 spiro atoms. The Balaban J connectivity index is 1.62. The minimum atomic E-state index is -1.58. The summed E-state index contributed by atoms with van der Waals surface area (Å²) in [5, 5.41) is 0. The molecule has 7 nitrogen and oxygen atoms in total. The lowest BCUT2D eigenvalue weighted by atomic mass is 9.75. The molecular weight excluding hydrogens is 638 g/mol. The lowest BCUT2D eigenvalue weighted by Gasteiger charge is -2.38. The van der Waals surface area contributed by atoms with Crippen LogP contribution in [0, 0.1) is 11.8 Å². The Labute approximate surface area is 249 Å². The SMILES string of the molecule is CC(C)(C)N1C(=O)C2C(c3ccc(Br)cc3)N3C(=O)N(c4ccc(Br)cc4)C(=O)[C@@]3(Cc3ccccc3)C2C1=O. The van der Waals surface area contributed by atoms with Crippen LogP contribution in [0.1, 0.15) is 37.9 Å². The molecule has 3 aliphatic heterocycles. The lowest BCUT2D eigenvalue weighted by molar-refractivity contribution is -0.149. The summed E-state index contributed by atoms with van der Waals surface area (Å²) < 4.78 is 1.65.